The predicted molar refractivity (Wildman–Crippen MR) is 79.9 cm³/mol. The van der Waals surface area contributed by atoms with Gasteiger partial charge in [0.05, 0.1) is 12.7 Å². The lowest BCUT2D eigenvalue weighted by molar-refractivity contribution is -0.124. The van der Waals surface area contributed by atoms with E-state index >= 15 is 0 Å². The lowest BCUT2D eigenvalue weighted by atomic mass is 10.1. The van der Waals surface area contributed by atoms with Gasteiger partial charge >= 0.3 is 0 Å². The van der Waals surface area contributed by atoms with E-state index < -0.39 is 0 Å². The standard InChI is InChI=1S/C15H27N3O3/c19-14(7-11-21-13-5-9-16-10-6-13)17-8-1-2-15(20)18-12-3-4-12/h12-13,16H,1-11H2,(H,17,19)(H,18,20). The van der Waals surface area contributed by atoms with Crippen molar-refractivity contribution in [2.75, 3.05) is 26.2 Å². The van der Waals surface area contributed by atoms with Gasteiger partial charge in [-0.3, -0.25) is 9.59 Å². The van der Waals surface area contributed by atoms with Crippen molar-refractivity contribution >= 4 is 11.8 Å². The summed E-state index contributed by atoms with van der Waals surface area (Å²) in [7, 11) is 0. The molecule has 2 amide bonds. The number of carbonyl (C=O) groups is 2. The summed E-state index contributed by atoms with van der Waals surface area (Å²) in [4.78, 5) is 23.0. The van der Waals surface area contributed by atoms with Gasteiger partial charge in [0.15, 0.2) is 0 Å². The molecule has 1 saturated heterocycles. The number of ether oxygens (including phenoxy) is 1. The van der Waals surface area contributed by atoms with Crippen LogP contribution in [-0.4, -0.2) is 50.2 Å². The molecule has 0 atom stereocenters. The lowest BCUT2D eigenvalue weighted by Crippen LogP contribution is -2.33. The highest BCUT2D eigenvalue weighted by Gasteiger charge is 2.22. The Bertz CT molecular complexity index is 339. The lowest BCUT2D eigenvalue weighted by Gasteiger charge is -2.22. The van der Waals surface area contributed by atoms with Crippen molar-refractivity contribution in [1.82, 2.24) is 16.0 Å². The van der Waals surface area contributed by atoms with Gasteiger partial charge in [-0.25, -0.2) is 0 Å². The highest BCUT2D eigenvalue weighted by molar-refractivity contribution is 5.77. The highest BCUT2D eigenvalue weighted by atomic mass is 16.5. The van der Waals surface area contributed by atoms with E-state index in [0.717, 1.165) is 38.8 Å². The third-order valence-electron chi connectivity index (χ3n) is 3.81. The van der Waals surface area contributed by atoms with Crippen molar-refractivity contribution in [3.63, 3.8) is 0 Å². The third-order valence-corrected chi connectivity index (χ3v) is 3.81. The molecule has 0 aromatic rings. The minimum Gasteiger partial charge on any atom is -0.378 e. The Balaban J connectivity index is 1.40. The Morgan fingerprint density at radius 2 is 1.81 bits per heavy atom. The van der Waals surface area contributed by atoms with Gasteiger partial charge in [-0.15, -0.1) is 0 Å². The van der Waals surface area contributed by atoms with Crippen LogP contribution in [0.5, 0.6) is 0 Å². The summed E-state index contributed by atoms with van der Waals surface area (Å²) in [5, 5.41) is 9.05. The summed E-state index contributed by atoms with van der Waals surface area (Å²) in [5.74, 6) is 0.104. The van der Waals surface area contributed by atoms with E-state index in [1.807, 2.05) is 0 Å². The molecule has 0 aromatic carbocycles. The third kappa shape index (κ3) is 7.43. The molecule has 1 saturated carbocycles. The first kappa shape index (κ1) is 16.2. The molecule has 6 heteroatoms. The van der Waals surface area contributed by atoms with Crippen LogP contribution >= 0.6 is 0 Å². The second kappa shape index (κ2) is 9.00. The van der Waals surface area contributed by atoms with Gasteiger partial charge in [-0.05, 0) is 45.2 Å². The summed E-state index contributed by atoms with van der Waals surface area (Å²) >= 11 is 0. The Morgan fingerprint density at radius 3 is 2.52 bits per heavy atom. The summed E-state index contributed by atoms with van der Waals surface area (Å²) in [6, 6.07) is 0.416. The van der Waals surface area contributed by atoms with E-state index in [0.29, 0.717) is 44.6 Å². The van der Waals surface area contributed by atoms with Gasteiger partial charge in [0.1, 0.15) is 0 Å². The van der Waals surface area contributed by atoms with Gasteiger partial charge < -0.3 is 20.7 Å². The second-order valence-corrected chi connectivity index (χ2v) is 5.87. The average molecular weight is 297 g/mol. The van der Waals surface area contributed by atoms with E-state index in [2.05, 4.69) is 16.0 Å². The van der Waals surface area contributed by atoms with Crippen LogP contribution in [0, 0.1) is 0 Å². The molecule has 6 nitrogen and oxygen atoms in total. The summed E-state index contributed by atoms with van der Waals surface area (Å²) in [5.41, 5.74) is 0. The normalized spacial score (nSPS) is 19.2. The van der Waals surface area contributed by atoms with Crippen molar-refractivity contribution in [2.45, 2.75) is 57.1 Å². The number of nitrogens with one attached hydrogen (secondary N) is 3. The number of piperidine rings is 1. The maximum absolute atomic E-state index is 11.6. The predicted octanol–water partition coefficient (Wildman–Crippen LogP) is 0.320. The monoisotopic (exact) mass is 297 g/mol. The topological polar surface area (TPSA) is 79.5 Å². The number of amides is 2. The van der Waals surface area contributed by atoms with Crippen molar-refractivity contribution in [3.8, 4) is 0 Å². The molecule has 1 aliphatic carbocycles. The van der Waals surface area contributed by atoms with Crippen LogP contribution in [0.2, 0.25) is 0 Å². The minimum absolute atomic E-state index is 0.00605. The number of rotatable bonds is 9. The Hall–Kier alpha value is -1.14. The SMILES string of the molecule is O=C(CCOC1CCNCC1)NCCCC(=O)NC1CC1. The molecule has 1 heterocycles. The first-order valence-corrected chi connectivity index (χ1v) is 8.12. The molecule has 2 rings (SSSR count). The first-order chi connectivity index (χ1) is 10.2. The van der Waals surface area contributed by atoms with E-state index in [-0.39, 0.29) is 11.8 Å². The summed E-state index contributed by atoms with van der Waals surface area (Å²) in [6.07, 6.45) is 6.15. The molecule has 0 aromatic heterocycles. The maximum Gasteiger partial charge on any atom is 0.222 e. The first-order valence-electron chi connectivity index (χ1n) is 8.12. The van der Waals surface area contributed by atoms with E-state index in [1.165, 1.54) is 0 Å². The minimum atomic E-state index is 0.00605. The van der Waals surface area contributed by atoms with Crippen molar-refractivity contribution in [3.05, 3.63) is 0 Å². The molecule has 2 fully saturated rings. The van der Waals surface area contributed by atoms with Crippen molar-refractivity contribution < 1.29 is 14.3 Å². The zero-order valence-corrected chi connectivity index (χ0v) is 12.7. The van der Waals surface area contributed by atoms with Crippen LogP contribution in [0.4, 0.5) is 0 Å². The van der Waals surface area contributed by atoms with Crippen LogP contribution < -0.4 is 16.0 Å². The van der Waals surface area contributed by atoms with Crippen LogP contribution in [0.15, 0.2) is 0 Å². The van der Waals surface area contributed by atoms with Crippen molar-refractivity contribution in [1.29, 1.82) is 0 Å². The number of carbonyl (C=O) groups excluding carboxylic acids is 2. The Kier molecular flexibility index (Phi) is 6.95. The molecule has 120 valence electrons. The molecule has 2 aliphatic rings. The van der Waals surface area contributed by atoms with Gasteiger partial charge in [0.25, 0.3) is 0 Å². The maximum atomic E-state index is 11.6. The van der Waals surface area contributed by atoms with Crippen LogP contribution in [-0.2, 0) is 14.3 Å². The number of hydrogen-bond acceptors (Lipinski definition) is 4. The molecule has 0 spiro atoms. The van der Waals surface area contributed by atoms with Gasteiger partial charge in [-0.2, -0.15) is 0 Å². The molecule has 0 radical (unpaired) electrons. The Labute approximate surface area is 126 Å². The Morgan fingerprint density at radius 1 is 1.05 bits per heavy atom. The highest BCUT2D eigenvalue weighted by Crippen LogP contribution is 2.18. The van der Waals surface area contributed by atoms with E-state index in [1.54, 1.807) is 0 Å². The smallest absolute Gasteiger partial charge is 0.222 e. The summed E-state index contributed by atoms with van der Waals surface area (Å²) < 4.78 is 5.68. The van der Waals surface area contributed by atoms with Gasteiger partial charge in [0, 0.05) is 25.4 Å². The molecule has 21 heavy (non-hydrogen) atoms. The van der Waals surface area contributed by atoms with Crippen molar-refractivity contribution in [2.24, 2.45) is 0 Å². The zero-order chi connectivity index (χ0) is 14.9. The fourth-order valence-corrected chi connectivity index (χ4v) is 2.37. The molecule has 0 unspecified atom stereocenters. The van der Waals surface area contributed by atoms with Gasteiger partial charge in [-0.1, -0.05) is 0 Å². The van der Waals surface area contributed by atoms with E-state index in [9.17, 15) is 9.59 Å². The second-order valence-electron chi connectivity index (χ2n) is 5.87. The molecule has 0 bridgehead atoms. The molecule has 1 aliphatic heterocycles. The fraction of sp³-hybridized carbons (Fsp3) is 0.867. The van der Waals surface area contributed by atoms with Gasteiger partial charge in [0.2, 0.25) is 11.8 Å². The zero-order valence-electron chi connectivity index (χ0n) is 12.7. The average Bonchev–Trinajstić information content (AvgIpc) is 3.29. The van der Waals surface area contributed by atoms with E-state index in [4.69, 9.17) is 4.74 Å². The largest absolute Gasteiger partial charge is 0.378 e. The van der Waals surface area contributed by atoms with Crippen LogP contribution in [0.25, 0.3) is 0 Å². The fourth-order valence-electron chi connectivity index (χ4n) is 2.37. The summed E-state index contributed by atoms with van der Waals surface area (Å²) in [6.45, 7) is 3.04. The molecule has 3 N–H and O–H groups in total. The molecular weight excluding hydrogens is 270 g/mol. The molecular formula is C15H27N3O3. The number of hydrogen-bond donors (Lipinski definition) is 3. The van der Waals surface area contributed by atoms with Crippen LogP contribution in [0.3, 0.4) is 0 Å². The van der Waals surface area contributed by atoms with Crippen LogP contribution in [0.1, 0.15) is 44.9 Å². The quantitative estimate of drug-likeness (QED) is 0.536.